The van der Waals surface area contributed by atoms with E-state index >= 15 is 0 Å². The number of rotatable bonds is 6. The number of nitrogens with two attached hydrogens (primary N) is 1. The molecule has 0 aromatic carbocycles. The average Bonchev–Trinajstić information content (AvgIpc) is 2.41. The fourth-order valence-corrected chi connectivity index (χ4v) is 2.67. The smallest absolute Gasteiger partial charge is 0.222 e. The van der Waals surface area contributed by atoms with Gasteiger partial charge < -0.3 is 10.6 Å². The Bertz CT molecular complexity index is 409. The zero-order valence-corrected chi connectivity index (χ0v) is 11.6. The van der Waals surface area contributed by atoms with Crippen molar-refractivity contribution in [2.75, 3.05) is 20.1 Å². The lowest BCUT2D eigenvalue weighted by molar-refractivity contribution is -0.132. The molecule has 4 heteroatoms. The summed E-state index contributed by atoms with van der Waals surface area (Å²) in [5.41, 5.74) is 7.00. The highest BCUT2D eigenvalue weighted by Crippen LogP contribution is 2.40. The topological polar surface area (TPSA) is 59.2 Å². The first-order valence-corrected chi connectivity index (χ1v) is 6.99. The van der Waals surface area contributed by atoms with Crippen LogP contribution in [0.25, 0.3) is 0 Å². The van der Waals surface area contributed by atoms with Crippen molar-refractivity contribution >= 4 is 5.91 Å². The second-order valence-electron chi connectivity index (χ2n) is 5.63. The molecule has 0 unspecified atom stereocenters. The molecule has 0 aliphatic heterocycles. The molecule has 1 heterocycles. The molecule has 19 heavy (non-hydrogen) atoms. The Labute approximate surface area is 115 Å². The SMILES string of the molecule is CN(CC1(CN)CCC1)C(=O)CCc1ccccn1. The Morgan fingerprint density at radius 3 is 2.79 bits per heavy atom. The molecule has 4 nitrogen and oxygen atoms in total. The molecule has 1 aromatic heterocycles. The third-order valence-electron chi connectivity index (χ3n) is 4.17. The first kappa shape index (κ1) is 14.0. The molecule has 0 radical (unpaired) electrons. The largest absolute Gasteiger partial charge is 0.345 e. The molecule has 1 aromatic rings. The molecular formula is C15H23N3O. The van der Waals surface area contributed by atoms with Gasteiger partial charge in [0.25, 0.3) is 0 Å². The Kier molecular flexibility index (Phi) is 4.53. The van der Waals surface area contributed by atoms with Crippen molar-refractivity contribution in [1.82, 2.24) is 9.88 Å². The van der Waals surface area contributed by atoms with Crippen LogP contribution in [0.5, 0.6) is 0 Å². The third-order valence-corrected chi connectivity index (χ3v) is 4.17. The maximum absolute atomic E-state index is 12.1. The maximum atomic E-state index is 12.1. The molecule has 1 saturated carbocycles. The van der Waals surface area contributed by atoms with Crippen molar-refractivity contribution in [2.24, 2.45) is 11.1 Å². The number of amides is 1. The van der Waals surface area contributed by atoms with Crippen LogP contribution in [0, 0.1) is 5.41 Å². The van der Waals surface area contributed by atoms with Crippen molar-refractivity contribution in [3.8, 4) is 0 Å². The molecule has 2 rings (SSSR count). The van der Waals surface area contributed by atoms with E-state index in [0.29, 0.717) is 19.4 Å². The van der Waals surface area contributed by atoms with Crippen LogP contribution in [-0.4, -0.2) is 35.9 Å². The Morgan fingerprint density at radius 1 is 1.47 bits per heavy atom. The van der Waals surface area contributed by atoms with Gasteiger partial charge in [0.1, 0.15) is 0 Å². The second-order valence-corrected chi connectivity index (χ2v) is 5.63. The van der Waals surface area contributed by atoms with Gasteiger partial charge in [-0.25, -0.2) is 0 Å². The van der Waals surface area contributed by atoms with Crippen molar-refractivity contribution < 1.29 is 4.79 Å². The van der Waals surface area contributed by atoms with Crippen LogP contribution < -0.4 is 5.73 Å². The van der Waals surface area contributed by atoms with Crippen LogP contribution in [0.2, 0.25) is 0 Å². The number of nitrogens with zero attached hydrogens (tertiary/aromatic N) is 2. The predicted octanol–water partition coefficient (Wildman–Crippen LogP) is 1.60. The minimum absolute atomic E-state index is 0.186. The minimum atomic E-state index is 0.186. The van der Waals surface area contributed by atoms with Gasteiger partial charge in [0.2, 0.25) is 5.91 Å². The van der Waals surface area contributed by atoms with E-state index in [0.717, 1.165) is 25.1 Å². The van der Waals surface area contributed by atoms with Gasteiger partial charge in [-0.2, -0.15) is 0 Å². The molecule has 1 amide bonds. The van der Waals surface area contributed by atoms with Gasteiger partial charge in [-0.1, -0.05) is 12.5 Å². The highest BCUT2D eigenvalue weighted by atomic mass is 16.2. The molecule has 0 atom stereocenters. The van der Waals surface area contributed by atoms with Gasteiger partial charge in [0.05, 0.1) is 0 Å². The van der Waals surface area contributed by atoms with Gasteiger partial charge >= 0.3 is 0 Å². The first-order chi connectivity index (χ1) is 9.15. The fraction of sp³-hybridized carbons (Fsp3) is 0.600. The Hall–Kier alpha value is -1.42. The molecule has 2 N–H and O–H groups in total. The summed E-state index contributed by atoms with van der Waals surface area (Å²) >= 11 is 0. The lowest BCUT2D eigenvalue weighted by Gasteiger charge is -2.43. The molecular weight excluding hydrogens is 238 g/mol. The predicted molar refractivity (Wildman–Crippen MR) is 75.5 cm³/mol. The van der Waals surface area contributed by atoms with Crippen LogP contribution in [0.3, 0.4) is 0 Å². The maximum Gasteiger partial charge on any atom is 0.222 e. The number of carbonyl (C=O) groups excluding carboxylic acids is 1. The van der Waals surface area contributed by atoms with Crippen LogP contribution in [0.15, 0.2) is 24.4 Å². The summed E-state index contributed by atoms with van der Waals surface area (Å²) in [7, 11) is 1.89. The van der Waals surface area contributed by atoms with E-state index in [-0.39, 0.29) is 11.3 Å². The molecule has 0 saturated heterocycles. The summed E-state index contributed by atoms with van der Waals surface area (Å²) in [5.74, 6) is 0.186. The highest BCUT2D eigenvalue weighted by molar-refractivity contribution is 5.76. The van der Waals surface area contributed by atoms with Crippen LogP contribution in [0.1, 0.15) is 31.4 Å². The van der Waals surface area contributed by atoms with Crippen LogP contribution >= 0.6 is 0 Å². The number of carbonyl (C=O) groups is 1. The van der Waals surface area contributed by atoms with E-state index in [9.17, 15) is 4.79 Å². The summed E-state index contributed by atoms with van der Waals surface area (Å²) < 4.78 is 0. The Balaban J connectivity index is 1.79. The lowest BCUT2D eigenvalue weighted by Crippen LogP contribution is -2.47. The van der Waals surface area contributed by atoms with E-state index in [1.165, 1.54) is 6.42 Å². The first-order valence-electron chi connectivity index (χ1n) is 6.99. The normalized spacial score (nSPS) is 16.7. The van der Waals surface area contributed by atoms with E-state index in [4.69, 9.17) is 5.73 Å². The number of hydrogen-bond donors (Lipinski definition) is 1. The molecule has 104 valence electrons. The van der Waals surface area contributed by atoms with Crippen LogP contribution in [-0.2, 0) is 11.2 Å². The summed E-state index contributed by atoms with van der Waals surface area (Å²) in [6.45, 7) is 1.48. The van der Waals surface area contributed by atoms with Gasteiger partial charge in [0.15, 0.2) is 0 Å². The van der Waals surface area contributed by atoms with Crippen molar-refractivity contribution in [3.63, 3.8) is 0 Å². The van der Waals surface area contributed by atoms with Crippen molar-refractivity contribution in [1.29, 1.82) is 0 Å². The van der Waals surface area contributed by atoms with Gasteiger partial charge in [0, 0.05) is 37.3 Å². The highest BCUT2D eigenvalue weighted by Gasteiger charge is 2.37. The number of pyridine rings is 1. The summed E-state index contributed by atoms with van der Waals surface area (Å²) in [6.07, 6.45) is 6.55. The number of aryl methyl sites for hydroxylation is 1. The van der Waals surface area contributed by atoms with E-state index in [1.54, 1.807) is 6.20 Å². The van der Waals surface area contributed by atoms with E-state index in [2.05, 4.69) is 4.98 Å². The Morgan fingerprint density at radius 2 is 2.26 bits per heavy atom. The molecule has 1 aliphatic carbocycles. The van der Waals surface area contributed by atoms with E-state index < -0.39 is 0 Å². The molecule has 0 spiro atoms. The standard InChI is InChI=1S/C15H23N3O/c1-18(12-15(11-16)8-4-9-15)14(19)7-6-13-5-2-3-10-17-13/h2-3,5,10H,4,6-9,11-12,16H2,1H3. The zero-order chi connectivity index (χ0) is 13.7. The van der Waals surface area contributed by atoms with E-state index in [1.807, 2.05) is 30.1 Å². The summed E-state index contributed by atoms with van der Waals surface area (Å²) in [6, 6.07) is 5.80. The number of hydrogen-bond acceptors (Lipinski definition) is 3. The molecule has 1 aliphatic rings. The monoisotopic (exact) mass is 261 g/mol. The lowest BCUT2D eigenvalue weighted by atomic mass is 9.68. The van der Waals surface area contributed by atoms with Crippen molar-refractivity contribution in [2.45, 2.75) is 32.1 Å². The molecule has 1 fully saturated rings. The fourth-order valence-electron chi connectivity index (χ4n) is 2.67. The second kappa shape index (κ2) is 6.15. The zero-order valence-electron chi connectivity index (χ0n) is 11.6. The van der Waals surface area contributed by atoms with Gasteiger partial charge in [-0.05, 0) is 37.9 Å². The summed E-state index contributed by atoms with van der Waals surface area (Å²) in [4.78, 5) is 18.2. The van der Waals surface area contributed by atoms with Crippen molar-refractivity contribution in [3.05, 3.63) is 30.1 Å². The molecule has 0 bridgehead atoms. The minimum Gasteiger partial charge on any atom is -0.345 e. The van der Waals surface area contributed by atoms with Gasteiger partial charge in [-0.15, -0.1) is 0 Å². The summed E-state index contributed by atoms with van der Waals surface area (Å²) in [5, 5.41) is 0. The third kappa shape index (κ3) is 3.53. The van der Waals surface area contributed by atoms with Gasteiger partial charge in [-0.3, -0.25) is 9.78 Å². The quantitative estimate of drug-likeness (QED) is 0.846. The van der Waals surface area contributed by atoms with Crippen LogP contribution in [0.4, 0.5) is 0 Å². The average molecular weight is 261 g/mol. The number of aromatic nitrogens is 1.